The van der Waals surface area contributed by atoms with Gasteiger partial charge >= 0.3 is 6.09 Å². The Morgan fingerprint density at radius 2 is 1.94 bits per heavy atom. The number of amides is 1. The molecule has 2 heterocycles. The normalized spacial score (nSPS) is 16.0. The number of nitro benzene ring substituents is 1. The van der Waals surface area contributed by atoms with E-state index in [9.17, 15) is 24.8 Å². The lowest BCUT2D eigenvalue weighted by Crippen LogP contribution is -2.43. The van der Waals surface area contributed by atoms with E-state index in [0.717, 1.165) is 36.0 Å². The van der Waals surface area contributed by atoms with Gasteiger partial charge in [-0.25, -0.2) is 4.79 Å². The summed E-state index contributed by atoms with van der Waals surface area (Å²) >= 11 is 7.55. The summed E-state index contributed by atoms with van der Waals surface area (Å²) in [6, 6.07) is 8.59. The maximum atomic E-state index is 13.3. The summed E-state index contributed by atoms with van der Waals surface area (Å²) in [6.07, 6.45) is 2.34. The summed E-state index contributed by atoms with van der Waals surface area (Å²) < 4.78 is 0. The molecule has 1 amide bonds. The van der Waals surface area contributed by atoms with E-state index in [2.05, 4.69) is 4.98 Å². The lowest BCUT2D eigenvalue weighted by atomic mass is 10.00. The van der Waals surface area contributed by atoms with Crippen molar-refractivity contribution in [3.63, 3.8) is 0 Å². The Balaban J connectivity index is 1.81. The number of carbonyl (C=O) groups is 1. The van der Waals surface area contributed by atoms with Crippen LogP contribution in [-0.2, 0) is 0 Å². The molecular weight excluding hydrogens is 490 g/mol. The molecule has 0 saturated carbocycles. The third-order valence-electron chi connectivity index (χ3n) is 6.31. The molecule has 0 bridgehead atoms. The summed E-state index contributed by atoms with van der Waals surface area (Å²) in [7, 11) is 0. The Labute approximate surface area is 211 Å². The van der Waals surface area contributed by atoms with Crippen molar-refractivity contribution in [2.75, 3.05) is 12.3 Å². The molecule has 1 aliphatic rings. The molecule has 8 nitrogen and oxygen atoms in total. The van der Waals surface area contributed by atoms with Crippen molar-refractivity contribution >= 4 is 46.0 Å². The van der Waals surface area contributed by atoms with Crippen molar-refractivity contribution in [1.82, 2.24) is 9.88 Å². The fourth-order valence-electron chi connectivity index (χ4n) is 4.80. The Hall–Kier alpha value is -3.04. The van der Waals surface area contributed by atoms with E-state index in [1.165, 1.54) is 28.8 Å². The van der Waals surface area contributed by atoms with Crippen LogP contribution in [0.1, 0.15) is 36.8 Å². The smallest absolute Gasteiger partial charge is 0.407 e. The number of thioether (sulfide) groups is 1. The van der Waals surface area contributed by atoms with Crippen molar-refractivity contribution < 1.29 is 14.8 Å². The second-order valence-electron chi connectivity index (χ2n) is 8.90. The largest absolute Gasteiger partial charge is 0.465 e. The highest BCUT2D eigenvalue weighted by molar-refractivity contribution is 7.99. The van der Waals surface area contributed by atoms with Crippen LogP contribution in [0.2, 0.25) is 5.02 Å². The molecule has 3 aromatic rings. The molecular formula is C25H26ClN3O5S. The molecule has 10 heteroatoms. The predicted octanol–water partition coefficient (Wildman–Crippen LogP) is 6.39. The number of rotatable bonds is 6. The minimum absolute atomic E-state index is 0.0486. The Morgan fingerprint density at radius 1 is 1.23 bits per heavy atom. The SMILES string of the molecule is Cc1cc(C)cc(-c2c(SCCC3CCCCN3C(=O)O)c3cc([N+](=O)[O-])c(Cl)cc3[nH]c2=O)c1. The maximum absolute atomic E-state index is 13.3. The van der Waals surface area contributed by atoms with E-state index in [1.807, 2.05) is 32.0 Å². The van der Waals surface area contributed by atoms with Crippen molar-refractivity contribution in [1.29, 1.82) is 0 Å². The lowest BCUT2D eigenvalue weighted by molar-refractivity contribution is -0.384. The molecule has 0 aliphatic carbocycles. The second-order valence-corrected chi connectivity index (χ2v) is 10.4. The first kappa shape index (κ1) is 25.1. The van der Waals surface area contributed by atoms with E-state index in [4.69, 9.17) is 11.6 Å². The van der Waals surface area contributed by atoms with Gasteiger partial charge in [0.15, 0.2) is 0 Å². The Bertz CT molecular complexity index is 1350. The van der Waals surface area contributed by atoms with Crippen molar-refractivity contribution in [3.05, 3.63) is 66.9 Å². The van der Waals surface area contributed by atoms with Gasteiger partial charge in [-0.05, 0) is 51.2 Å². The fourth-order valence-corrected chi connectivity index (χ4v) is 6.30. The summed E-state index contributed by atoms with van der Waals surface area (Å²) in [5.74, 6) is 0.557. The highest BCUT2D eigenvalue weighted by Crippen LogP contribution is 2.39. The summed E-state index contributed by atoms with van der Waals surface area (Å²) in [4.78, 5) is 41.0. The molecule has 0 radical (unpaired) electrons. The number of aromatic nitrogens is 1. The van der Waals surface area contributed by atoms with Crippen LogP contribution in [0, 0.1) is 24.0 Å². The van der Waals surface area contributed by atoms with E-state index >= 15 is 0 Å². The molecule has 35 heavy (non-hydrogen) atoms. The van der Waals surface area contributed by atoms with Crippen LogP contribution in [0.4, 0.5) is 10.5 Å². The van der Waals surface area contributed by atoms with Gasteiger partial charge in [0.25, 0.3) is 11.2 Å². The second kappa shape index (κ2) is 10.3. The number of piperidine rings is 1. The van der Waals surface area contributed by atoms with Crippen LogP contribution in [0.5, 0.6) is 0 Å². The minimum Gasteiger partial charge on any atom is -0.465 e. The first-order valence-electron chi connectivity index (χ1n) is 11.4. The van der Waals surface area contributed by atoms with Gasteiger partial charge in [-0.1, -0.05) is 40.9 Å². The zero-order valence-corrected chi connectivity index (χ0v) is 21.0. The van der Waals surface area contributed by atoms with E-state index < -0.39 is 11.0 Å². The number of aryl methyl sites for hydroxylation is 2. The topological polar surface area (TPSA) is 117 Å². The van der Waals surface area contributed by atoms with Gasteiger partial charge in [-0.15, -0.1) is 11.8 Å². The molecule has 2 aromatic carbocycles. The summed E-state index contributed by atoms with van der Waals surface area (Å²) in [5, 5.41) is 21.6. The van der Waals surface area contributed by atoms with Crippen molar-refractivity contribution in [3.8, 4) is 11.1 Å². The van der Waals surface area contributed by atoms with E-state index in [-0.39, 0.29) is 22.3 Å². The quantitative estimate of drug-likeness (QED) is 0.223. The molecule has 1 saturated heterocycles. The van der Waals surface area contributed by atoms with Crippen LogP contribution in [0.15, 0.2) is 40.0 Å². The number of hydrogen-bond donors (Lipinski definition) is 2. The number of pyridine rings is 1. The average Bonchev–Trinajstić information content (AvgIpc) is 2.77. The molecule has 4 rings (SSSR count). The number of fused-ring (bicyclic) bond motifs is 1. The molecule has 0 spiro atoms. The number of aromatic amines is 1. The van der Waals surface area contributed by atoms with Crippen LogP contribution in [0.25, 0.3) is 22.0 Å². The third-order valence-corrected chi connectivity index (χ3v) is 7.77. The van der Waals surface area contributed by atoms with E-state index in [1.54, 1.807) is 0 Å². The van der Waals surface area contributed by atoms with E-state index in [0.29, 0.717) is 40.1 Å². The van der Waals surface area contributed by atoms with Crippen LogP contribution in [0.3, 0.4) is 0 Å². The Kier molecular flexibility index (Phi) is 7.37. The number of hydrogen-bond acceptors (Lipinski definition) is 5. The van der Waals surface area contributed by atoms with Gasteiger partial charge in [-0.2, -0.15) is 0 Å². The average molecular weight is 516 g/mol. The number of halogens is 1. The van der Waals surface area contributed by atoms with Gasteiger partial charge in [0.2, 0.25) is 0 Å². The molecule has 1 aromatic heterocycles. The minimum atomic E-state index is -0.914. The van der Waals surface area contributed by atoms with Gasteiger partial charge in [0, 0.05) is 34.7 Å². The third kappa shape index (κ3) is 5.31. The molecule has 1 atom stereocenters. The molecule has 184 valence electrons. The molecule has 1 unspecified atom stereocenters. The lowest BCUT2D eigenvalue weighted by Gasteiger charge is -2.33. The van der Waals surface area contributed by atoms with Gasteiger partial charge in [0.1, 0.15) is 5.02 Å². The number of nitro groups is 1. The fraction of sp³-hybridized carbons (Fsp3) is 0.360. The number of H-pyrrole nitrogens is 1. The van der Waals surface area contributed by atoms with Crippen LogP contribution in [-0.4, -0.2) is 44.3 Å². The van der Waals surface area contributed by atoms with Crippen LogP contribution >= 0.6 is 23.4 Å². The number of likely N-dealkylation sites (tertiary alicyclic amines) is 1. The summed E-state index contributed by atoms with van der Waals surface area (Å²) in [5.41, 5.74) is 3.06. The Morgan fingerprint density at radius 3 is 2.60 bits per heavy atom. The predicted molar refractivity (Wildman–Crippen MR) is 139 cm³/mol. The molecule has 1 fully saturated rings. The number of nitrogens with zero attached hydrogens (tertiary/aromatic N) is 2. The number of nitrogens with one attached hydrogen (secondary N) is 1. The maximum Gasteiger partial charge on any atom is 0.407 e. The number of carboxylic acid groups (broad SMARTS) is 1. The number of benzene rings is 2. The monoisotopic (exact) mass is 515 g/mol. The summed E-state index contributed by atoms with van der Waals surface area (Å²) in [6.45, 7) is 4.43. The zero-order valence-electron chi connectivity index (χ0n) is 19.5. The first-order chi connectivity index (χ1) is 16.7. The molecule has 1 aliphatic heterocycles. The highest BCUT2D eigenvalue weighted by atomic mass is 35.5. The standard InChI is InChI=1S/C25H26ClN3O5S/c1-14-9-15(2)11-16(10-14)22-23(35-8-6-17-5-3-4-7-28(17)25(31)32)18-12-21(29(33)34)19(26)13-20(18)27-24(22)30/h9-13,17H,3-8H2,1-2H3,(H,27,30)(H,31,32). The highest BCUT2D eigenvalue weighted by Gasteiger charge is 2.27. The van der Waals surface area contributed by atoms with Crippen molar-refractivity contribution in [2.45, 2.75) is 50.5 Å². The van der Waals surface area contributed by atoms with Gasteiger partial charge < -0.3 is 15.0 Å². The molecule has 2 N–H and O–H groups in total. The first-order valence-corrected chi connectivity index (χ1v) is 12.8. The van der Waals surface area contributed by atoms with Crippen LogP contribution < -0.4 is 5.56 Å². The van der Waals surface area contributed by atoms with Crippen molar-refractivity contribution in [2.24, 2.45) is 0 Å². The van der Waals surface area contributed by atoms with Gasteiger partial charge in [-0.3, -0.25) is 14.9 Å². The zero-order chi connectivity index (χ0) is 25.3. The van der Waals surface area contributed by atoms with Gasteiger partial charge in [0.05, 0.1) is 16.0 Å².